The molecule has 3 nitrogen and oxygen atoms in total. The molecule has 0 saturated heterocycles. The topological polar surface area (TPSA) is 34.4 Å². The van der Waals surface area contributed by atoms with Crippen LogP contribution in [0.5, 0.6) is 0 Å². The lowest BCUT2D eigenvalue weighted by atomic mass is 10.2. The quantitative estimate of drug-likeness (QED) is 0.828. The van der Waals surface area contributed by atoms with E-state index in [1.54, 1.807) is 6.07 Å². The fourth-order valence-electron chi connectivity index (χ4n) is 1.39. The molecule has 0 aliphatic rings. The van der Waals surface area contributed by atoms with Crippen molar-refractivity contribution >= 4 is 15.9 Å². The highest BCUT2D eigenvalue weighted by atomic mass is 79.9. The fraction of sp³-hybridized carbons (Fsp3) is 0.636. The van der Waals surface area contributed by atoms with Gasteiger partial charge < -0.3 is 14.5 Å². The normalized spacial score (nSPS) is 13.8. The third-order valence-corrected chi connectivity index (χ3v) is 2.81. The highest BCUT2D eigenvalue weighted by molar-refractivity contribution is 9.10. The first-order valence-corrected chi connectivity index (χ1v) is 6.34. The molecular formula is C11H15BrF3NO2. The fourth-order valence-corrected chi connectivity index (χ4v) is 1.87. The molecule has 0 bridgehead atoms. The van der Waals surface area contributed by atoms with E-state index in [4.69, 9.17) is 4.42 Å². The zero-order valence-electron chi connectivity index (χ0n) is 9.89. The van der Waals surface area contributed by atoms with Gasteiger partial charge in [-0.25, -0.2) is 0 Å². The van der Waals surface area contributed by atoms with E-state index in [0.29, 0.717) is 16.8 Å². The molecule has 0 spiro atoms. The van der Waals surface area contributed by atoms with E-state index >= 15 is 0 Å². The number of furan rings is 1. The molecule has 0 aliphatic carbocycles. The van der Waals surface area contributed by atoms with Crippen molar-refractivity contribution in [3.8, 4) is 0 Å². The Bertz CT molecular complexity index is 354. The summed E-state index contributed by atoms with van der Waals surface area (Å²) >= 11 is 3.28. The minimum absolute atomic E-state index is 0.0916. The van der Waals surface area contributed by atoms with Gasteiger partial charge in [0, 0.05) is 0 Å². The molecule has 0 fully saturated rings. The first-order valence-electron chi connectivity index (χ1n) is 5.54. The molecule has 0 aliphatic heterocycles. The molecule has 0 radical (unpaired) electrons. The number of ether oxygens (including phenoxy) is 1. The first-order chi connectivity index (χ1) is 8.44. The second-order valence-electron chi connectivity index (χ2n) is 3.77. The van der Waals surface area contributed by atoms with Gasteiger partial charge in [-0.2, -0.15) is 13.2 Å². The Hall–Kier alpha value is -0.530. The van der Waals surface area contributed by atoms with Crippen LogP contribution in [0.4, 0.5) is 13.2 Å². The molecule has 1 atom stereocenters. The lowest BCUT2D eigenvalue weighted by Gasteiger charge is -2.17. The highest BCUT2D eigenvalue weighted by Crippen LogP contribution is 2.25. The van der Waals surface area contributed by atoms with Crippen molar-refractivity contribution in [1.82, 2.24) is 5.32 Å². The van der Waals surface area contributed by atoms with Gasteiger partial charge in [0.25, 0.3) is 0 Å². The lowest BCUT2D eigenvalue weighted by Crippen LogP contribution is -2.28. The van der Waals surface area contributed by atoms with Crippen LogP contribution >= 0.6 is 15.9 Å². The van der Waals surface area contributed by atoms with E-state index in [1.165, 1.54) is 6.26 Å². The third kappa shape index (κ3) is 5.41. The number of rotatable bonds is 7. The maximum atomic E-state index is 12.0. The number of alkyl halides is 3. The molecule has 0 aromatic carbocycles. The number of halogens is 4. The van der Waals surface area contributed by atoms with E-state index in [9.17, 15) is 13.2 Å². The molecule has 7 heteroatoms. The Labute approximate surface area is 112 Å². The Balaban J connectivity index is 2.54. The van der Waals surface area contributed by atoms with Crippen molar-refractivity contribution in [2.45, 2.75) is 25.6 Å². The van der Waals surface area contributed by atoms with Gasteiger partial charge in [-0.3, -0.25) is 0 Å². The van der Waals surface area contributed by atoms with Crippen LogP contribution < -0.4 is 5.32 Å². The van der Waals surface area contributed by atoms with Gasteiger partial charge in [0.15, 0.2) is 0 Å². The van der Waals surface area contributed by atoms with Gasteiger partial charge in [-0.15, -0.1) is 0 Å². The van der Waals surface area contributed by atoms with Crippen LogP contribution in [0, 0.1) is 0 Å². The summed E-state index contributed by atoms with van der Waals surface area (Å²) in [5, 5.41) is 3.08. The van der Waals surface area contributed by atoms with Gasteiger partial charge in [-0.05, 0) is 35.0 Å². The molecule has 1 aromatic heterocycles. The van der Waals surface area contributed by atoms with Crippen molar-refractivity contribution in [3.05, 3.63) is 22.6 Å². The molecule has 1 aromatic rings. The average molecular weight is 330 g/mol. The molecule has 1 N–H and O–H groups in total. The third-order valence-electron chi connectivity index (χ3n) is 2.15. The predicted octanol–water partition coefficient (Wildman–Crippen LogP) is 3.66. The first kappa shape index (κ1) is 15.5. The number of hydrogen-bond donors (Lipinski definition) is 1. The molecule has 0 saturated carbocycles. The summed E-state index contributed by atoms with van der Waals surface area (Å²) in [5.74, 6) is 0.547. The summed E-state index contributed by atoms with van der Waals surface area (Å²) in [4.78, 5) is 0. The van der Waals surface area contributed by atoms with Crippen LogP contribution in [0.15, 0.2) is 21.2 Å². The smallest absolute Gasteiger partial charge is 0.411 e. The Morgan fingerprint density at radius 1 is 1.50 bits per heavy atom. The summed E-state index contributed by atoms with van der Waals surface area (Å²) in [7, 11) is 0. The largest absolute Gasteiger partial charge is 0.466 e. The molecule has 1 rings (SSSR count). The molecule has 104 valence electrons. The molecule has 18 heavy (non-hydrogen) atoms. The molecule has 1 heterocycles. The summed E-state index contributed by atoms with van der Waals surface area (Å²) in [6.07, 6.45) is -1.96. The van der Waals surface area contributed by atoms with Crippen molar-refractivity contribution in [2.24, 2.45) is 0 Å². The van der Waals surface area contributed by atoms with Crippen LogP contribution in [0.25, 0.3) is 0 Å². The average Bonchev–Trinajstić information content (AvgIpc) is 2.68. The Morgan fingerprint density at radius 3 is 2.72 bits per heavy atom. The van der Waals surface area contributed by atoms with E-state index in [1.807, 2.05) is 6.92 Å². The maximum absolute atomic E-state index is 12.0. The van der Waals surface area contributed by atoms with Gasteiger partial charge >= 0.3 is 6.18 Å². The molecular weight excluding hydrogens is 315 g/mol. The van der Waals surface area contributed by atoms with Crippen LogP contribution in [0.3, 0.4) is 0 Å². The van der Waals surface area contributed by atoms with E-state index in [2.05, 4.69) is 26.0 Å². The van der Waals surface area contributed by atoms with Crippen LogP contribution in [0.1, 0.15) is 25.1 Å². The Morgan fingerprint density at radius 2 is 2.22 bits per heavy atom. The maximum Gasteiger partial charge on any atom is 0.411 e. The minimum atomic E-state index is -4.31. The highest BCUT2D eigenvalue weighted by Gasteiger charge is 2.28. The molecule has 1 unspecified atom stereocenters. The van der Waals surface area contributed by atoms with Crippen molar-refractivity contribution in [3.63, 3.8) is 0 Å². The SMILES string of the molecule is CCCNC(COCC(F)(F)F)c1occc1Br. The zero-order chi connectivity index (χ0) is 13.6. The van der Waals surface area contributed by atoms with Crippen LogP contribution in [-0.4, -0.2) is 25.9 Å². The van der Waals surface area contributed by atoms with Crippen molar-refractivity contribution < 1.29 is 22.3 Å². The number of hydrogen-bond acceptors (Lipinski definition) is 3. The second kappa shape index (κ2) is 7.16. The van der Waals surface area contributed by atoms with Gasteiger partial charge in [-0.1, -0.05) is 6.92 Å². The molecule has 0 amide bonds. The summed E-state index contributed by atoms with van der Waals surface area (Å²) in [6.45, 7) is 1.30. The Kier molecular flexibility index (Phi) is 6.17. The van der Waals surface area contributed by atoms with E-state index in [-0.39, 0.29) is 6.61 Å². The minimum Gasteiger partial charge on any atom is -0.466 e. The predicted molar refractivity (Wildman–Crippen MR) is 64.3 cm³/mol. The van der Waals surface area contributed by atoms with Crippen LogP contribution in [0.2, 0.25) is 0 Å². The van der Waals surface area contributed by atoms with E-state index < -0.39 is 18.8 Å². The second-order valence-corrected chi connectivity index (χ2v) is 4.62. The summed E-state index contributed by atoms with van der Waals surface area (Å²) in [5.41, 5.74) is 0. The summed E-state index contributed by atoms with van der Waals surface area (Å²) < 4.78 is 46.6. The number of nitrogens with one attached hydrogen (secondary N) is 1. The van der Waals surface area contributed by atoms with Crippen LogP contribution in [-0.2, 0) is 4.74 Å². The standard InChI is InChI=1S/C11H15BrF3NO2/c1-2-4-16-9(6-17-7-11(13,14)15)10-8(12)3-5-18-10/h3,5,9,16H,2,4,6-7H2,1H3. The van der Waals surface area contributed by atoms with Crippen molar-refractivity contribution in [2.75, 3.05) is 19.8 Å². The van der Waals surface area contributed by atoms with E-state index in [0.717, 1.165) is 6.42 Å². The van der Waals surface area contributed by atoms with Gasteiger partial charge in [0.1, 0.15) is 12.4 Å². The lowest BCUT2D eigenvalue weighted by molar-refractivity contribution is -0.175. The van der Waals surface area contributed by atoms with Gasteiger partial charge in [0.05, 0.1) is 23.4 Å². The summed E-state index contributed by atoms with van der Waals surface area (Å²) in [6, 6.07) is 1.30. The zero-order valence-corrected chi connectivity index (χ0v) is 11.5. The van der Waals surface area contributed by atoms with Gasteiger partial charge in [0.2, 0.25) is 0 Å². The monoisotopic (exact) mass is 329 g/mol. The van der Waals surface area contributed by atoms with Crippen molar-refractivity contribution in [1.29, 1.82) is 0 Å².